The standard InChI is InChI=1S/C38H46N4O8S/c1-3-25-21-38(25,37(46)41-51(47,48)28-15-16-28)40-35(44)32-19-27(22-42(32)36(45)34(43)24-12-8-5-9-13-24)50-33-20-30(23-10-6-4-7-11-23)39-31-18-26(49-2)14-17-29(31)33/h4,6-7,10-11,14,17-18,20,24-25,27-28,32,34,43H,3,5,8-9,12-13,15-16,19,21-22H2,1-2H3,(H,40,44)(H,41,46)/t25?,27-,32+,34?,38-/m1/s1. The summed E-state index contributed by atoms with van der Waals surface area (Å²) in [5.74, 6) is -1.17. The van der Waals surface area contributed by atoms with E-state index < -0.39 is 56.8 Å². The van der Waals surface area contributed by atoms with E-state index in [-0.39, 0.29) is 24.8 Å². The maximum atomic E-state index is 14.2. The second-order valence-corrected chi connectivity index (χ2v) is 16.5. The summed E-state index contributed by atoms with van der Waals surface area (Å²) in [6, 6.07) is 16.0. The minimum absolute atomic E-state index is 0.0355. The number of benzene rings is 2. The van der Waals surface area contributed by atoms with Gasteiger partial charge in [0.25, 0.3) is 11.8 Å². The van der Waals surface area contributed by atoms with Crippen molar-refractivity contribution in [3.8, 4) is 22.8 Å². The zero-order valence-electron chi connectivity index (χ0n) is 29.0. The number of hydrogen-bond acceptors (Lipinski definition) is 9. The number of rotatable bonds is 12. The molecule has 0 bridgehead atoms. The van der Waals surface area contributed by atoms with Gasteiger partial charge < -0.3 is 24.8 Å². The van der Waals surface area contributed by atoms with Gasteiger partial charge in [-0.25, -0.2) is 13.4 Å². The lowest BCUT2D eigenvalue weighted by Crippen LogP contribution is -2.57. The van der Waals surface area contributed by atoms with Crippen LogP contribution in [-0.4, -0.2) is 83.8 Å². The van der Waals surface area contributed by atoms with E-state index in [1.54, 1.807) is 7.11 Å². The number of aliphatic hydroxyl groups is 1. The third-order valence-electron chi connectivity index (χ3n) is 11.1. The molecular weight excluding hydrogens is 673 g/mol. The van der Waals surface area contributed by atoms with Crippen molar-refractivity contribution in [2.75, 3.05) is 13.7 Å². The van der Waals surface area contributed by atoms with Crippen LogP contribution in [0.4, 0.5) is 0 Å². The van der Waals surface area contributed by atoms with Crippen LogP contribution in [0.5, 0.6) is 11.5 Å². The van der Waals surface area contributed by atoms with Crippen LogP contribution in [0.1, 0.15) is 71.1 Å². The Morgan fingerprint density at radius 2 is 1.78 bits per heavy atom. The minimum Gasteiger partial charge on any atom is -0.497 e. The van der Waals surface area contributed by atoms with E-state index in [1.165, 1.54) is 4.90 Å². The second kappa shape index (κ2) is 14.1. The van der Waals surface area contributed by atoms with E-state index in [1.807, 2.05) is 61.5 Å². The first-order valence-electron chi connectivity index (χ1n) is 18.1. The number of carbonyl (C=O) groups is 3. The van der Waals surface area contributed by atoms with Crippen LogP contribution in [-0.2, 0) is 24.4 Å². The fraction of sp³-hybridized carbons (Fsp3) is 0.526. The maximum absolute atomic E-state index is 14.2. The molecule has 1 aliphatic heterocycles. The van der Waals surface area contributed by atoms with Crippen LogP contribution < -0.4 is 19.5 Å². The Bertz CT molecular complexity index is 1910. The Morgan fingerprint density at radius 1 is 1.04 bits per heavy atom. The van der Waals surface area contributed by atoms with Crippen molar-refractivity contribution in [2.24, 2.45) is 11.8 Å². The van der Waals surface area contributed by atoms with Crippen molar-refractivity contribution >= 4 is 38.6 Å². The summed E-state index contributed by atoms with van der Waals surface area (Å²) in [5.41, 5.74) is 0.805. The van der Waals surface area contributed by atoms with Gasteiger partial charge in [0.15, 0.2) is 0 Å². The fourth-order valence-corrected chi connectivity index (χ4v) is 9.19. The first-order chi connectivity index (χ1) is 24.5. The number of sulfonamides is 1. The third kappa shape index (κ3) is 7.15. The predicted molar refractivity (Wildman–Crippen MR) is 190 cm³/mol. The number of carbonyl (C=O) groups excluding carboxylic acids is 3. The monoisotopic (exact) mass is 718 g/mol. The lowest BCUT2D eigenvalue weighted by atomic mass is 9.84. The molecule has 2 aromatic carbocycles. The minimum atomic E-state index is -3.83. The van der Waals surface area contributed by atoms with E-state index in [0.29, 0.717) is 48.4 Å². The average molecular weight is 719 g/mol. The van der Waals surface area contributed by atoms with Crippen LogP contribution >= 0.6 is 0 Å². The molecule has 12 nitrogen and oxygen atoms in total. The number of nitrogens with one attached hydrogen (secondary N) is 2. The van der Waals surface area contributed by atoms with Crippen LogP contribution in [0.25, 0.3) is 22.2 Å². The molecule has 1 saturated heterocycles. The van der Waals surface area contributed by atoms with Gasteiger partial charge in [-0.3, -0.25) is 19.1 Å². The number of methoxy groups -OCH3 is 1. The Labute approximate surface area is 298 Å². The van der Waals surface area contributed by atoms with E-state index >= 15 is 0 Å². The molecule has 3 saturated carbocycles. The van der Waals surface area contributed by atoms with Crippen molar-refractivity contribution in [3.63, 3.8) is 0 Å². The van der Waals surface area contributed by atoms with Crippen molar-refractivity contribution in [1.82, 2.24) is 19.9 Å². The average Bonchev–Trinajstić information content (AvgIpc) is 4.08. The Balaban J connectivity index is 1.18. The molecule has 272 valence electrons. The number of hydrogen-bond donors (Lipinski definition) is 3. The summed E-state index contributed by atoms with van der Waals surface area (Å²) in [4.78, 5) is 48.0. The van der Waals surface area contributed by atoms with Crippen molar-refractivity contribution < 1.29 is 37.4 Å². The maximum Gasteiger partial charge on any atom is 0.259 e. The molecular formula is C38H46N4O8S. The van der Waals surface area contributed by atoms with Crippen molar-refractivity contribution in [3.05, 3.63) is 54.6 Å². The van der Waals surface area contributed by atoms with Crippen molar-refractivity contribution in [1.29, 1.82) is 0 Å². The Hall–Kier alpha value is -4.23. The van der Waals surface area contributed by atoms with Crippen LogP contribution in [0.2, 0.25) is 0 Å². The Morgan fingerprint density at radius 3 is 2.45 bits per heavy atom. The van der Waals surface area contributed by atoms with Gasteiger partial charge in [0.2, 0.25) is 15.9 Å². The summed E-state index contributed by atoms with van der Waals surface area (Å²) < 4.78 is 39.7. The number of aromatic nitrogens is 1. The zero-order chi connectivity index (χ0) is 35.9. The molecule has 5 atom stereocenters. The molecule has 3 aromatic rings. The second-order valence-electron chi connectivity index (χ2n) is 14.5. The topological polar surface area (TPSA) is 164 Å². The van der Waals surface area contributed by atoms with Gasteiger partial charge >= 0.3 is 0 Å². The fourth-order valence-electron chi connectivity index (χ4n) is 7.83. The molecule has 1 aromatic heterocycles. The molecule has 4 fully saturated rings. The summed E-state index contributed by atoms with van der Waals surface area (Å²) in [5, 5.41) is 14.3. The molecule has 3 aliphatic carbocycles. The van der Waals surface area contributed by atoms with Crippen LogP contribution in [0.15, 0.2) is 54.6 Å². The smallest absolute Gasteiger partial charge is 0.259 e. The van der Waals surface area contributed by atoms with Gasteiger partial charge in [0, 0.05) is 29.5 Å². The third-order valence-corrected chi connectivity index (χ3v) is 12.9. The number of nitrogens with zero attached hydrogens (tertiary/aromatic N) is 2. The molecule has 51 heavy (non-hydrogen) atoms. The van der Waals surface area contributed by atoms with Gasteiger partial charge in [-0.15, -0.1) is 0 Å². The molecule has 7 rings (SSSR count). The highest BCUT2D eigenvalue weighted by Crippen LogP contribution is 2.47. The molecule has 2 unspecified atom stereocenters. The molecule has 3 amide bonds. The van der Waals surface area contributed by atoms with E-state index in [0.717, 1.165) is 43.1 Å². The lowest BCUT2D eigenvalue weighted by molar-refractivity contribution is -0.148. The number of likely N-dealkylation sites (tertiary alicyclic amines) is 1. The molecule has 4 aliphatic rings. The van der Waals surface area contributed by atoms with Gasteiger partial charge in [-0.05, 0) is 56.1 Å². The SMILES string of the molecule is CCC1C[C@]1(NC(=O)[C@@H]1C[C@@H](Oc2cc(-c3ccccc3)nc3cc(OC)ccc23)CN1C(=O)C(O)C1CCCCC1)C(=O)NS(=O)(=O)C1CC1. The molecule has 0 radical (unpaired) electrons. The summed E-state index contributed by atoms with van der Waals surface area (Å²) in [6.07, 6.45) is 4.38. The van der Waals surface area contributed by atoms with Crippen LogP contribution in [0.3, 0.4) is 0 Å². The predicted octanol–water partition coefficient (Wildman–Crippen LogP) is 4.09. The largest absolute Gasteiger partial charge is 0.497 e. The Kier molecular flexibility index (Phi) is 9.70. The first-order valence-corrected chi connectivity index (χ1v) is 19.6. The van der Waals surface area contributed by atoms with Gasteiger partial charge in [-0.2, -0.15) is 0 Å². The number of ether oxygens (including phenoxy) is 2. The molecule has 2 heterocycles. The highest BCUT2D eigenvalue weighted by atomic mass is 32.2. The molecule has 13 heteroatoms. The lowest BCUT2D eigenvalue weighted by Gasteiger charge is -2.32. The molecule has 0 spiro atoms. The number of amides is 3. The quantitative estimate of drug-likeness (QED) is 0.250. The normalized spacial score (nSPS) is 25.6. The van der Waals surface area contributed by atoms with Gasteiger partial charge in [0.05, 0.1) is 30.1 Å². The van der Waals surface area contributed by atoms with E-state index in [4.69, 9.17) is 14.5 Å². The van der Waals surface area contributed by atoms with Crippen molar-refractivity contribution in [2.45, 2.75) is 100 Å². The van der Waals surface area contributed by atoms with Gasteiger partial charge in [-0.1, -0.05) is 62.9 Å². The summed E-state index contributed by atoms with van der Waals surface area (Å²) in [6.45, 7) is 1.92. The zero-order valence-corrected chi connectivity index (χ0v) is 29.9. The molecule has 3 N–H and O–H groups in total. The highest BCUT2D eigenvalue weighted by molar-refractivity contribution is 7.91. The highest BCUT2D eigenvalue weighted by Gasteiger charge is 2.62. The van der Waals surface area contributed by atoms with Gasteiger partial charge in [0.1, 0.15) is 35.3 Å². The van der Waals surface area contributed by atoms with E-state index in [9.17, 15) is 27.9 Å². The number of aliphatic hydroxyl groups excluding tert-OH is 1. The van der Waals surface area contributed by atoms with Crippen LogP contribution in [0, 0.1) is 11.8 Å². The summed E-state index contributed by atoms with van der Waals surface area (Å²) >= 11 is 0. The number of fused-ring (bicyclic) bond motifs is 1. The first kappa shape index (κ1) is 35.2. The van der Waals surface area contributed by atoms with E-state index in [2.05, 4.69) is 10.0 Å². The summed E-state index contributed by atoms with van der Waals surface area (Å²) in [7, 11) is -2.25. The number of pyridine rings is 1.